The maximum Gasteiger partial charge on any atom is 0.358 e. The number of rotatable bonds is 4. The first-order valence-corrected chi connectivity index (χ1v) is 7.18. The van der Waals surface area contributed by atoms with Crippen molar-refractivity contribution in [1.82, 2.24) is 4.98 Å². The van der Waals surface area contributed by atoms with Gasteiger partial charge in [-0.15, -0.1) is 11.3 Å². The quantitative estimate of drug-likeness (QED) is 0.785. The summed E-state index contributed by atoms with van der Waals surface area (Å²) in [6.07, 6.45) is 0. The van der Waals surface area contributed by atoms with Crippen LogP contribution in [-0.4, -0.2) is 32.3 Å². The molecule has 1 aromatic carbocycles. The number of carbonyl (C=O) groups is 1. The number of thiazole rings is 1. The maximum atomic E-state index is 11.8. The first-order valence-electron chi connectivity index (χ1n) is 5.57. The second-order valence-corrected chi connectivity index (χ2v) is 5.98. The fraction of sp³-hybridized carbons (Fsp3) is 0.231. The lowest BCUT2D eigenvalue weighted by Crippen LogP contribution is -2.03. The van der Waals surface area contributed by atoms with Gasteiger partial charge in [-0.05, 0) is 34.1 Å². The van der Waals surface area contributed by atoms with Crippen LogP contribution in [0.5, 0.6) is 11.5 Å². The molecule has 0 radical (unpaired) electrons. The van der Waals surface area contributed by atoms with Gasteiger partial charge in [0.05, 0.1) is 26.2 Å². The van der Waals surface area contributed by atoms with Crippen molar-refractivity contribution in [2.24, 2.45) is 0 Å². The monoisotopic (exact) mass is 357 g/mol. The normalized spacial score (nSPS) is 10.2. The van der Waals surface area contributed by atoms with E-state index in [-0.39, 0.29) is 5.69 Å². The number of carbonyl (C=O) groups excluding carboxylic acids is 1. The minimum Gasteiger partial charge on any atom is -0.497 e. The molecule has 20 heavy (non-hydrogen) atoms. The molecule has 0 amide bonds. The van der Waals surface area contributed by atoms with Crippen molar-refractivity contribution < 1.29 is 19.0 Å². The summed E-state index contributed by atoms with van der Waals surface area (Å²) in [5.41, 5.74) is 0.978. The molecule has 1 heterocycles. The lowest BCUT2D eigenvalue weighted by atomic mass is 10.1. The number of hydrogen-bond acceptors (Lipinski definition) is 6. The Bertz CT molecular complexity index is 641. The minimum absolute atomic E-state index is 0.246. The molecule has 0 aliphatic rings. The Morgan fingerprint density at radius 3 is 2.60 bits per heavy atom. The summed E-state index contributed by atoms with van der Waals surface area (Å²) in [5, 5.41) is 0. The molecule has 0 unspecified atom stereocenters. The number of aromatic nitrogens is 1. The molecule has 1 aromatic heterocycles. The second-order valence-electron chi connectivity index (χ2n) is 3.70. The van der Waals surface area contributed by atoms with Crippen LogP contribution in [-0.2, 0) is 4.74 Å². The van der Waals surface area contributed by atoms with E-state index >= 15 is 0 Å². The van der Waals surface area contributed by atoms with E-state index in [1.54, 1.807) is 32.4 Å². The third-order valence-electron chi connectivity index (χ3n) is 2.63. The van der Waals surface area contributed by atoms with Crippen molar-refractivity contribution in [3.05, 3.63) is 27.8 Å². The van der Waals surface area contributed by atoms with Crippen molar-refractivity contribution in [3.8, 4) is 21.9 Å². The number of methoxy groups -OCH3 is 3. The summed E-state index contributed by atoms with van der Waals surface area (Å²) in [5.74, 6) is 0.806. The summed E-state index contributed by atoms with van der Waals surface area (Å²) >= 11 is 4.62. The Balaban J connectivity index is 2.63. The van der Waals surface area contributed by atoms with Crippen LogP contribution in [0.15, 0.2) is 22.1 Å². The molecule has 0 saturated heterocycles. The van der Waals surface area contributed by atoms with Crippen LogP contribution in [0.2, 0.25) is 0 Å². The Kier molecular flexibility index (Phi) is 4.61. The first-order chi connectivity index (χ1) is 9.60. The summed E-state index contributed by atoms with van der Waals surface area (Å²) in [4.78, 5) is 16.6. The number of nitrogens with zero attached hydrogens (tertiary/aromatic N) is 1. The van der Waals surface area contributed by atoms with E-state index < -0.39 is 5.97 Å². The molecule has 0 aliphatic carbocycles. The van der Waals surface area contributed by atoms with Gasteiger partial charge >= 0.3 is 5.97 Å². The highest BCUT2D eigenvalue weighted by Crippen LogP contribution is 2.40. The van der Waals surface area contributed by atoms with Crippen LogP contribution in [0.4, 0.5) is 0 Å². The SMILES string of the molecule is COC(=O)c1nc(Br)sc1-c1cc(OC)ccc1OC. The van der Waals surface area contributed by atoms with Crippen LogP contribution in [0.1, 0.15) is 10.5 Å². The van der Waals surface area contributed by atoms with Crippen molar-refractivity contribution >= 4 is 33.2 Å². The summed E-state index contributed by atoms with van der Waals surface area (Å²) < 4.78 is 15.9. The average molecular weight is 358 g/mol. The molecule has 5 nitrogen and oxygen atoms in total. The van der Waals surface area contributed by atoms with Crippen molar-refractivity contribution in [2.75, 3.05) is 21.3 Å². The van der Waals surface area contributed by atoms with Crippen LogP contribution >= 0.6 is 27.3 Å². The molecule has 7 heteroatoms. The van der Waals surface area contributed by atoms with Crippen LogP contribution < -0.4 is 9.47 Å². The van der Waals surface area contributed by atoms with Gasteiger partial charge in [-0.3, -0.25) is 0 Å². The lowest BCUT2D eigenvalue weighted by Gasteiger charge is -2.09. The highest BCUT2D eigenvalue weighted by molar-refractivity contribution is 9.11. The molecule has 0 fully saturated rings. The predicted octanol–water partition coefficient (Wildman–Crippen LogP) is 3.38. The molecule has 0 saturated carbocycles. The lowest BCUT2D eigenvalue weighted by molar-refractivity contribution is 0.0595. The van der Waals surface area contributed by atoms with E-state index in [0.717, 1.165) is 5.56 Å². The Hall–Kier alpha value is -1.60. The minimum atomic E-state index is -0.494. The highest BCUT2D eigenvalue weighted by atomic mass is 79.9. The van der Waals surface area contributed by atoms with E-state index in [2.05, 4.69) is 20.9 Å². The van der Waals surface area contributed by atoms with Gasteiger partial charge < -0.3 is 14.2 Å². The molecule has 2 aromatic rings. The molecule has 2 rings (SSSR count). The Labute approximate surface area is 128 Å². The number of halogens is 1. The third-order valence-corrected chi connectivity index (χ3v) is 4.17. The fourth-order valence-electron chi connectivity index (χ4n) is 1.70. The molecule has 0 spiro atoms. The van der Waals surface area contributed by atoms with Gasteiger partial charge in [-0.2, -0.15) is 0 Å². The topological polar surface area (TPSA) is 57.7 Å². The molecule has 0 N–H and O–H groups in total. The Morgan fingerprint density at radius 2 is 2.00 bits per heavy atom. The number of hydrogen-bond donors (Lipinski definition) is 0. The smallest absolute Gasteiger partial charge is 0.358 e. The molecule has 0 atom stereocenters. The van der Waals surface area contributed by atoms with E-state index in [0.29, 0.717) is 20.3 Å². The van der Waals surface area contributed by atoms with E-state index in [9.17, 15) is 4.79 Å². The molecular formula is C13H12BrNO4S. The molecule has 106 valence electrons. The number of esters is 1. The van der Waals surface area contributed by atoms with Gasteiger partial charge in [0.2, 0.25) is 0 Å². The van der Waals surface area contributed by atoms with Crippen LogP contribution in [0.25, 0.3) is 10.4 Å². The standard InChI is InChI=1S/C13H12BrNO4S/c1-17-7-4-5-9(18-2)8(6-7)11-10(12(16)19-3)15-13(14)20-11/h4-6H,1-3H3. The van der Waals surface area contributed by atoms with Crippen LogP contribution in [0.3, 0.4) is 0 Å². The van der Waals surface area contributed by atoms with Gasteiger partial charge in [-0.25, -0.2) is 9.78 Å². The van der Waals surface area contributed by atoms with Crippen molar-refractivity contribution in [2.45, 2.75) is 0 Å². The van der Waals surface area contributed by atoms with Crippen molar-refractivity contribution in [3.63, 3.8) is 0 Å². The fourth-order valence-corrected chi connectivity index (χ4v) is 3.17. The highest BCUT2D eigenvalue weighted by Gasteiger charge is 2.22. The first kappa shape index (κ1) is 14.8. The maximum absolute atomic E-state index is 11.8. The molecule has 0 aliphatic heterocycles. The zero-order valence-corrected chi connectivity index (χ0v) is 13.5. The molecular weight excluding hydrogens is 346 g/mol. The van der Waals surface area contributed by atoms with Gasteiger partial charge in [0.15, 0.2) is 9.61 Å². The summed E-state index contributed by atoms with van der Waals surface area (Å²) in [6.45, 7) is 0. The Morgan fingerprint density at radius 1 is 1.25 bits per heavy atom. The van der Waals surface area contributed by atoms with E-state index in [4.69, 9.17) is 14.2 Å². The summed E-state index contributed by atoms with van der Waals surface area (Å²) in [6, 6.07) is 5.37. The van der Waals surface area contributed by atoms with Crippen molar-refractivity contribution in [1.29, 1.82) is 0 Å². The zero-order chi connectivity index (χ0) is 14.7. The van der Waals surface area contributed by atoms with Gasteiger partial charge in [0.1, 0.15) is 11.5 Å². The van der Waals surface area contributed by atoms with E-state index in [1.807, 2.05) is 0 Å². The molecule has 0 bridgehead atoms. The van der Waals surface area contributed by atoms with E-state index in [1.165, 1.54) is 18.4 Å². The largest absolute Gasteiger partial charge is 0.497 e. The zero-order valence-electron chi connectivity index (χ0n) is 11.1. The summed E-state index contributed by atoms with van der Waals surface area (Å²) in [7, 11) is 4.47. The number of ether oxygens (including phenoxy) is 3. The van der Waals surface area contributed by atoms with Gasteiger partial charge in [0, 0.05) is 5.56 Å². The number of benzene rings is 1. The third kappa shape index (κ3) is 2.78. The van der Waals surface area contributed by atoms with Gasteiger partial charge in [0.25, 0.3) is 0 Å². The predicted molar refractivity (Wildman–Crippen MR) is 79.7 cm³/mol. The second kappa shape index (κ2) is 6.23. The van der Waals surface area contributed by atoms with Crippen LogP contribution in [0, 0.1) is 0 Å². The van der Waals surface area contributed by atoms with Gasteiger partial charge in [-0.1, -0.05) is 0 Å². The average Bonchev–Trinajstić information content (AvgIpc) is 2.87.